The number of anilines is 1. The Bertz CT molecular complexity index is 502. The number of nitrogens with zero attached hydrogens (tertiary/aromatic N) is 3. The summed E-state index contributed by atoms with van der Waals surface area (Å²) in [7, 11) is 0. The molecule has 19 heavy (non-hydrogen) atoms. The number of hydrogen-bond acceptors (Lipinski definition) is 4. The number of hydrogen-bond donors (Lipinski definition) is 1. The van der Waals surface area contributed by atoms with E-state index in [4.69, 9.17) is 5.26 Å². The smallest absolute Gasteiger partial charge is 0.375 e. The monoisotopic (exact) mass is 271 g/mol. The van der Waals surface area contributed by atoms with Gasteiger partial charge in [-0.25, -0.2) is 4.98 Å². The molecule has 0 saturated carbocycles. The topological polar surface area (TPSA) is 60.1 Å². The van der Waals surface area contributed by atoms with E-state index in [-0.39, 0.29) is 31.7 Å². The summed E-state index contributed by atoms with van der Waals surface area (Å²) in [4.78, 5) is 5.24. The molecule has 0 aliphatic carbocycles. The number of pyridine rings is 1. The van der Waals surface area contributed by atoms with E-state index in [0.717, 1.165) is 6.07 Å². The Labute approximate surface area is 108 Å². The highest BCUT2D eigenvalue weighted by Gasteiger charge is 2.38. The molecule has 0 amide bonds. The molecule has 7 heteroatoms. The Morgan fingerprint density at radius 1 is 1.37 bits per heavy atom. The maximum atomic E-state index is 12.9. The molecule has 102 valence electrons. The van der Waals surface area contributed by atoms with Crippen molar-refractivity contribution in [1.29, 1.82) is 5.26 Å². The molecule has 0 radical (unpaired) electrons. The normalized spacial score (nSPS) is 19.0. The maximum absolute atomic E-state index is 12.9. The number of rotatable bonds is 1. The number of piperidine rings is 1. The second-order valence-electron chi connectivity index (χ2n) is 4.50. The summed E-state index contributed by atoms with van der Waals surface area (Å²) < 4.78 is 38.6. The quantitative estimate of drug-likeness (QED) is 0.793. The van der Waals surface area contributed by atoms with Gasteiger partial charge in [-0.2, -0.15) is 18.4 Å². The highest BCUT2D eigenvalue weighted by atomic mass is 19.4. The van der Waals surface area contributed by atoms with Crippen molar-refractivity contribution >= 4 is 5.82 Å². The van der Waals surface area contributed by atoms with Gasteiger partial charge >= 0.3 is 6.18 Å². The van der Waals surface area contributed by atoms with Gasteiger partial charge in [0.2, 0.25) is 0 Å². The molecule has 1 aliphatic rings. The van der Waals surface area contributed by atoms with Crippen LogP contribution in [0.5, 0.6) is 0 Å². The van der Waals surface area contributed by atoms with Gasteiger partial charge in [-0.15, -0.1) is 0 Å². The van der Waals surface area contributed by atoms with E-state index in [9.17, 15) is 18.3 Å². The standard InChI is InChI=1S/C12H12F3N3O/c13-12(14,15)9-2-1-5-17-10(9)18-6-3-11(19,8-16)4-7-18/h1-2,5,19H,3-4,6-7H2. The van der Waals surface area contributed by atoms with Crippen LogP contribution in [0, 0.1) is 11.3 Å². The lowest BCUT2D eigenvalue weighted by atomic mass is 9.93. The first-order valence-electron chi connectivity index (χ1n) is 5.76. The molecular formula is C12H12F3N3O. The molecule has 0 bridgehead atoms. The predicted molar refractivity (Wildman–Crippen MR) is 61.2 cm³/mol. The molecule has 0 spiro atoms. The molecule has 0 aromatic carbocycles. The predicted octanol–water partition coefficient (Wildman–Crippen LogP) is 1.96. The molecule has 1 N–H and O–H groups in total. The summed E-state index contributed by atoms with van der Waals surface area (Å²) >= 11 is 0. The van der Waals surface area contributed by atoms with Crippen LogP contribution in [0.4, 0.5) is 19.0 Å². The van der Waals surface area contributed by atoms with Gasteiger partial charge in [0.05, 0.1) is 11.6 Å². The van der Waals surface area contributed by atoms with Gasteiger partial charge < -0.3 is 10.0 Å². The largest absolute Gasteiger partial charge is 0.419 e. The lowest BCUT2D eigenvalue weighted by Crippen LogP contribution is -2.44. The van der Waals surface area contributed by atoms with Crippen LogP contribution in [0.1, 0.15) is 18.4 Å². The summed E-state index contributed by atoms with van der Waals surface area (Å²) in [5.41, 5.74) is -2.23. The SMILES string of the molecule is N#CC1(O)CCN(c2ncccc2C(F)(F)F)CC1. The summed E-state index contributed by atoms with van der Waals surface area (Å²) in [5.74, 6) is -0.144. The minimum absolute atomic E-state index is 0.109. The lowest BCUT2D eigenvalue weighted by molar-refractivity contribution is -0.137. The third-order valence-electron chi connectivity index (χ3n) is 3.19. The van der Waals surface area contributed by atoms with Gasteiger partial charge in [0.15, 0.2) is 5.60 Å². The molecule has 1 aromatic heterocycles. The molecule has 2 heterocycles. The van der Waals surface area contributed by atoms with Gasteiger partial charge in [-0.3, -0.25) is 0 Å². The Morgan fingerprint density at radius 2 is 2.00 bits per heavy atom. The lowest BCUT2D eigenvalue weighted by Gasteiger charge is -2.35. The summed E-state index contributed by atoms with van der Waals surface area (Å²) in [6.45, 7) is 0.342. The minimum Gasteiger partial charge on any atom is -0.375 e. The van der Waals surface area contributed by atoms with E-state index < -0.39 is 17.3 Å². The van der Waals surface area contributed by atoms with Crippen molar-refractivity contribution in [2.75, 3.05) is 18.0 Å². The number of aromatic nitrogens is 1. The van der Waals surface area contributed by atoms with Crippen molar-refractivity contribution in [1.82, 2.24) is 4.98 Å². The van der Waals surface area contributed by atoms with Crippen molar-refractivity contribution in [3.8, 4) is 6.07 Å². The molecule has 0 atom stereocenters. The first kappa shape index (κ1) is 13.6. The number of nitriles is 1. The van der Waals surface area contributed by atoms with Gasteiger partial charge in [0, 0.05) is 32.1 Å². The van der Waals surface area contributed by atoms with Crippen LogP contribution in [0.15, 0.2) is 18.3 Å². The Balaban J connectivity index is 2.24. The van der Waals surface area contributed by atoms with Crippen LogP contribution >= 0.6 is 0 Å². The van der Waals surface area contributed by atoms with E-state index in [0.29, 0.717) is 0 Å². The first-order chi connectivity index (χ1) is 8.86. The fourth-order valence-electron chi connectivity index (χ4n) is 2.07. The van der Waals surface area contributed by atoms with Gasteiger partial charge in [-0.1, -0.05) is 0 Å². The maximum Gasteiger partial charge on any atom is 0.419 e. The third-order valence-corrected chi connectivity index (χ3v) is 3.19. The molecule has 2 rings (SSSR count). The third kappa shape index (κ3) is 2.79. The van der Waals surface area contributed by atoms with E-state index >= 15 is 0 Å². The summed E-state index contributed by atoms with van der Waals surface area (Å²) in [6, 6.07) is 4.00. The molecule has 1 aromatic rings. The van der Waals surface area contributed by atoms with E-state index in [1.165, 1.54) is 17.2 Å². The highest BCUT2D eigenvalue weighted by Crippen LogP contribution is 2.36. The molecule has 1 saturated heterocycles. The molecule has 0 unspecified atom stereocenters. The van der Waals surface area contributed by atoms with Gasteiger partial charge in [0.25, 0.3) is 0 Å². The zero-order valence-electron chi connectivity index (χ0n) is 9.98. The van der Waals surface area contributed by atoms with Gasteiger partial charge in [0.1, 0.15) is 5.82 Å². The molecule has 1 aliphatic heterocycles. The molecule has 1 fully saturated rings. The van der Waals surface area contributed by atoms with Crippen molar-refractivity contribution in [3.63, 3.8) is 0 Å². The second-order valence-corrected chi connectivity index (χ2v) is 4.50. The highest BCUT2D eigenvalue weighted by molar-refractivity contribution is 5.49. The fourth-order valence-corrected chi connectivity index (χ4v) is 2.07. The van der Waals surface area contributed by atoms with Gasteiger partial charge in [-0.05, 0) is 12.1 Å². The summed E-state index contributed by atoms with van der Waals surface area (Å²) in [5, 5.41) is 18.5. The number of aliphatic hydroxyl groups is 1. The van der Waals surface area contributed by atoms with Crippen LogP contribution in [0.25, 0.3) is 0 Å². The van der Waals surface area contributed by atoms with E-state index in [1.807, 2.05) is 0 Å². The zero-order chi connectivity index (χ0) is 14.1. The summed E-state index contributed by atoms with van der Waals surface area (Å²) in [6.07, 6.45) is -2.95. The van der Waals surface area contributed by atoms with E-state index in [2.05, 4.69) is 4.98 Å². The molecular weight excluding hydrogens is 259 g/mol. The van der Waals surface area contributed by atoms with Crippen molar-refractivity contribution < 1.29 is 18.3 Å². The average molecular weight is 271 g/mol. The zero-order valence-corrected chi connectivity index (χ0v) is 9.98. The van der Waals surface area contributed by atoms with E-state index in [1.54, 1.807) is 6.07 Å². The van der Waals surface area contributed by atoms with Crippen LogP contribution in [-0.2, 0) is 6.18 Å². The second kappa shape index (κ2) is 4.70. The average Bonchev–Trinajstić information content (AvgIpc) is 2.39. The fraction of sp³-hybridized carbons (Fsp3) is 0.500. The first-order valence-corrected chi connectivity index (χ1v) is 5.76. The van der Waals surface area contributed by atoms with Crippen LogP contribution < -0.4 is 4.90 Å². The Morgan fingerprint density at radius 3 is 2.53 bits per heavy atom. The van der Waals surface area contributed by atoms with Crippen molar-refractivity contribution in [3.05, 3.63) is 23.9 Å². The molecule has 4 nitrogen and oxygen atoms in total. The van der Waals surface area contributed by atoms with Crippen LogP contribution in [-0.4, -0.2) is 28.8 Å². The van der Waals surface area contributed by atoms with Crippen LogP contribution in [0.3, 0.4) is 0 Å². The Kier molecular flexibility index (Phi) is 3.37. The minimum atomic E-state index is -4.47. The van der Waals surface area contributed by atoms with Crippen molar-refractivity contribution in [2.45, 2.75) is 24.6 Å². The van der Waals surface area contributed by atoms with Crippen LogP contribution in [0.2, 0.25) is 0 Å². The number of alkyl halides is 3. The van der Waals surface area contributed by atoms with Crippen molar-refractivity contribution in [2.24, 2.45) is 0 Å². The Hall–Kier alpha value is -1.81. The number of halogens is 3.